The van der Waals surface area contributed by atoms with Gasteiger partial charge in [-0.15, -0.1) is 0 Å². The van der Waals surface area contributed by atoms with Crippen LogP contribution in [-0.4, -0.2) is 37.6 Å². The number of carbonyl (C=O) groups is 1. The number of benzene rings is 2. The molecule has 0 saturated heterocycles. The SMILES string of the molecule is CC(C)(C)OCC(NS(=O)(=O)c1cc2cc(F)ccc2o1)C(=O)NCc1cccc(-c2ccc(C(F)(F)F)nc2)c1. The fourth-order valence-electron chi connectivity index (χ4n) is 3.77. The Labute approximate surface area is 233 Å². The van der Waals surface area contributed by atoms with Crippen LogP contribution in [0.5, 0.6) is 0 Å². The van der Waals surface area contributed by atoms with Gasteiger partial charge in [0.2, 0.25) is 11.0 Å². The maximum absolute atomic E-state index is 13.6. The molecule has 4 aromatic rings. The summed E-state index contributed by atoms with van der Waals surface area (Å²) < 4.78 is 91.6. The molecule has 2 aromatic carbocycles. The number of nitrogens with zero attached hydrogens (tertiary/aromatic N) is 1. The second-order valence-corrected chi connectivity index (χ2v) is 11.8. The van der Waals surface area contributed by atoms with Crippen LogP contribution in [0.4, 0.5) is 17.6 Å². The molecule has 2 heterocycles. The Balaban J connectivity index is 1.49. The lowest BCUT2D eigenvalue weighted by Gasteiger charge is -2.24. The molecule has 0 fully saturated rings. The second-order valence-electron chi connectivity index (χ2n) is 10.2. The van der Waals surface area contributed by atoms with Gasteiger partial charge >= 0.3 is 6.18 Å². The number of sulfonamides is 1. The number of hydrogen-bond acceptors (Lipinski definition) is 6. The number of alkyl halides is 3. The Morgan fingerprint density at radius 3 is 2.44 bits per heavy atom. The van der Waals surface area contributed by atoms with Gasteiger partial charge in [0.1, 0.15) is 23.1 Å². The maximum atomic E-state index is 13.6. The molecule has 1 amide bonds. The molecule has 0 spiro atoms. The molecule has 41 heavy (non-hydrogen) atoms. The summed E-state index contributed by atoms with van der Waals surface area (Å²) in [6.45, 7) is 4.91. The Morgan fingerprint density at radius 2 is 1.78 bits per heavy atom. The van der Waals surface area contributed by atoms with Crippen molar-refractivity contribution in [1.29, 1.82) is 0 Å². The fourth-order valence-corrected chi connectivity index (χ4v) is 4.92. The zero-order valence-electron chi connectivity index (χ0n) is 22.3. The first-order valence-electron chi connectivity index (χ1n) is 12.4. The highest BCUT2D eigenvalue weighted by Gasteiger charge is 2.32. The van der Waals surface area contributed by atoms with Gasteiger partial charge in [-0.2, -0.15) is 17.9 Å². The number of furan rings is 1. The van der Waals surface area contributed by atoms with Gasteiger partial charge in [-0.25, -0.2) is 12.8 Å². The van der Waals surface area contributed by atoms with Gasteiger partial charge < -0.3 is 14.5 Å². The van der Waals surface area contributed by atoms with E-state index in [-0.39, 0.29) is 24.1 Å². The van der Waals surface area contributed by atoms with Crippen LogP contribution in [0.2, 0.25) is 0 Å². The number of aromatic nitrogens is 1. The van der Waals surface area contributed by atoms with Gasteiger partial charge in [-0.1, -0.05) is 24.3 Å². The minimum absolute atomic E-state index is 0.0155. The van der Waals surface area contributed by atoms with Crippen molar-refractivity contribution >= 4 is 26.9 Å². The molecular formula is C28H27F4N3O5S. The number of hydrogen-bond donors (Lipinski definition) is 2. The minimum atomic E-state index is -4.55. The third-order valence-corrected chi connectivity index (χ3v) is 7.12. The van der Waals surface area contributed by atoms with Crippen LogP contribution in [0.3, 0.4) is 0 Å². The molecule has 0 aliphatic rings. The van der Waals surface area contributed by atoms with Crippen LogP contribution in [0.15, 0.2) is 76.4 Å². The number of ether oxygens (including phenoxy) is 1. The van der Waals surface area contributed by atoms with Gasteiger partial charge in [0.15, 0.2) is 0 Å². The Morgan fingerprint density at radius 1 is 1.02 bits per heavy atom. The van der Waals surface area contributed by atoms with E-state index in [1.807, 2.05) is 0 Å². The van der Waals surface area contributed by atoms with Crippen LogP contribution in [0.25, 0.3) is 22.1 Å². The predicted octanol–water partition coefficient (Wildman–Crippen LogP) is 5.43. The zero-order valence-corrected chi connectivity index (χ0v) is 23.1. The van der Waals surface area contributed by atoms with Crippen molar-refractivity contribution < 1.29 is 39.9 Å². The lowest BCUT2D eigenvalue weighted by Crippen LogP contribution is -2.50. The summed E-state index contributed by atoms with van der Waals surface area (Å²) in [6, 6.07) is 12.3. The molecule has 0 aliphatic heterocycles. The fraction of sp³-hybridized carbons (Fsp3) is 0.286. The van der Waals surface area contributed by atoms with Crippen molar-refractivity contribution in [3.63, 3.8) is 0 Å². The van der Waals surface area contributed by atoms with E-state index in [1.165, 1.54) is 12.1 Å². The summed E-state index contributed by atoms with van der Waals surface area (Å²) in [6.07, 6.45) is -3.44. The maximum Gasteiger partial charge on any atom is 0.433 e. The van der Waals surface area contributed by atoms with Crippen LogP contribution in [0, 0.1) is 5.82 Å². The number of pyridine rings is 1. The topological polar surface area (TPSA) is 111 Å². The van der Waals surface area contributed by atoms with E-state index in [4.69, 9.17) is 9.15 Å². The quantitative estimate of drug-likeness (QED) is 0.251. The van der Waals surface area contributed by atoms with Crippen molar-refractivity contribution in [3.8, 4) is 11.1 Å². The first-order valence-corrected chi connectivity index (χ1v) is 13.8. The van der Waals surface area contributed by atoms with E-state index in [0.717, 1.165) is 30.5 Å². The van der Waals surface area contributed by atoms with E-state index < -0.39 is 50.4 Å². The van der Waals surface area contributed by atoms with Crippen molar-refractivity contribution in [2.45, 2.75) is 50.2 Å². The molecule has 218 valence electrons. The molecule has 13 heteroatoms. The van der Waals surface area contributed by atoms with Crippen LogP contribution >= 0.6 is 0 Å². The Kier molecular flexibility index (Phi) is 8.52. The summed E-state index contributed by atoms with van der Waals surface area (Å²) >= 11 is 0. The van der Waals surface area contributed by atoms with Gasteiger partial charge in [-0.05, 0) is 62.2 Å². The van der Waals surface area contributed by atoms with Crippen LogP contribution in [0.1, 0.15) is 32.0 Å². The molecule has 0 saturated carbocycles. The highest BCUT2D eigenvalue weighted by molar-refractivity contribution is 7.89. The third-order valence-electron chi connectivity index (χ3n) is 5.80. The number of amides is 1. The van der Waals surface area contributed by atoms with Gasteiger partial charge in [0.25, 0.3) is 10.0 Å². The molecule has 0 bridgehead atoms. The molecule has 8 nitrogen and oxygen atoms in total. The lowest BCUT2D eigenvalue weighted by atomic mass is 10.0. The standard InChI is InChI=1S/C28H27F4N3O5S/c1-27(2,3)39-16-22(35-41(37,38)25-13-20-12-21(29)8-9-23(20)40-25)26(36)34-14-17-5-4-6-18(11-17)19-7-10-24(33-15-19)28(30,31)32/h4-13,15,22,35H,14,16H2,1-3H3,(H,34,36). The van der Waals surface area contributed by atoms with E-state index in [1.54, 1.807) is 45.0 Å². The number of halogens is 4. The Hall–Kier alpha value is -3.81. The van der Waals surface area contributed by atoms with Crippen LogP contribution in [-0.2, 0) is 32.3 Å². The lowest BCUT2D eigenvalue weighted by molar-refractivity contribution is -0.141. The molecule has 2 N–H and O–H groups in total. The van der Waals surface area contributed by atoms with Gasteiger partial charge in [-0.3, -0.25) is 9.78 Å². The predicted molar refractivity (Wildman–Crippen MR) is 143 cm³/mol. The molecule has 4 rings (SSSR count). The smallest absolute Gasteiger partial charge is 0.433 e. The van der Waals surface area contributed by atoms with Crippen molar-refractivity contribution in [2.24, 2.45) is 0 Å². The number of fused-ring (bicyclic) bond motifs is 1. The van der Waals surface area contributed by atoms with E-state index in [2.05, 4.69) is 15.0 Å². The molecule has 0 aliphatic carbocycles. The number of carbonyl (C=O) groups excluding carboxylic acids is 1. The second kappa shape index (κ2) is 11.6. The average Bonchev–Trinajstić information content (AvgIpc) is 3.33. The molecule has 1 unspecified atom stereocenters. The summed E-state index contributed by atoms with van der Waals surface area (Å²) in [7, 11) is -4.35. The Bertz CT molecular complexity index is 1650. The van der Waals surface area contributed by atoms with Crippen LogP contribution < -0.4 is 10.0 Å². The monoisotopic (exact) mass is 593 g/mol. The third kappa shape index (κ3) is 7.90. The first-order chi connectivity index (χ1) is 19.1. The molecular weight excluding hydrogens is 566 g/mol. The minimum Gasteiger partial charge on any atom is -0.443 e. The van der Waals surface area contributed by atoms with Gasteiger partial charge in [0.05, 0.1) is 12.2 Å². The summed E-state index contributed by atoms with van der Waals surface area (Å²) in [5, 5.41) is 2.40. The van der Waals surface area contributed by atoms with Crippen molar-refractivity contribution in [2.75, 3.05) is 6.61 Å². The summed E-state index contributed by atoms with van der Waals surface area (Å²) in [4.78, 5) is 16.6. The number of nitrogens with one attached hydrogen (secondary N) is 2. The van der Waals surface area contributed by atoms with Gasteiger partial charge in [0, 0.05) is 29.8 Å². The summed E-state index contributed by atoms with van der Waals surface area (Å²) in [5.74, 6) is -1.26. The van der Waals surface area contributed by atoms with Crippen molar-refractivity contribution in [1.82, 2.24) is 15.0 Å². The van der Waals surface area contributed by atoms with E-state index >= 15 is 0 Å². The zero-order chi connectivity index (χ0) is 30.0. The number of rotatable bonds is 9. The van der Waals surface area contributed by atoms with E-state index in [0.29, 0.717) is 16.7 Å². The molecule has 2 aromatic heterocycles. The molecule has 1 atom stereocenters. The highest BCUT2D eigenvalue weighted by Crippen LogP contribution is 2.29. The highest BCUT2D eigenvalue weighted by atomic mass is 32.2. The molecule has 0 radical (unpaired) electrons. The normalized spacial score (nSPS) is 13.3. The first kappa shape index (κ1) is 30.2. The van der Waals surface area contributed by atoms with E-state index in [9.17, 15) is 30.8 Å². The largest absolute Gasteiger partial charge is 0.443 e. The summed E-state index contributed by atoms with van der Waals surface area (Å²) in [5.41, 5.74) is 0.0830. The average molecular weight is 594 g/mol. The van der Waals surface area contributed by atoms with Crippen molar-refractivity contribution in [3.05, 3.63) is 83.9 Å².